The van der Waals surface area contributed by atoms with Gasteiger partial charge in [-0.05, 0) is 0 Å². The Morgan fingerprint density at radius 3 is 2.38 bits per heavy atom. The molecular weight excluding hydrogens is 231 g/mol. The van der Waals surface area contributed by atoms with Gasteiger partial charge in [-0.1, -0.05) is 0 Å². The number of hydrogen-bond acceptors (Lipinski definition) is 3. The number of halogens is 3. The van der Waals surface area contributed by atoms with E-state index in [1.54, 1.807) is 0 Å². The number of carboxylic acids is 1. The van der Waals surface area contributed by atoms with E-state index in [-0.39, 0.29) is 26.0 Å². The SMILES string of the molecule is O=C(O)CCC(=O)NCCOCC(F)(F)F. The van der Waals surface area contributed by atoms with Crippen LogP contribution in [0.4, 0.5) is 13.2 Å². The Bertz CT molecular complexity index is 242. The molecule has 0 radical (unpaired) electrons. The van der Waals surface area contributed by atoms with Crippen LogP contribution in [0.25, 0.3) is 0 Å². The van der Waals surface area contributed by atoms with E-state index in [0.29, 0.717) is 0 Å². The fourth-order valence-corrected chi connectivity index (χ4v) is 0.759. The summed E-state index contributed by atoms with van der Waals surface area (Å²) >= 11 is 0. The van der Waals surface area contributed by atoms with Crippen LogP contribution in [0.2, 0.25) is 0 Å². The Morgan fingerprint density at radius 1 is 1.25 bits per heavy atom. The molecule has 0 aromatic carbocycles. The van der Waals surface area contributed by atoms with Gasteiger partial charge >= 0.3 is 12.1 Å². The molecule has 2 N–H and O–H groups in total. The fraction of sp³-hybridized carbons (Fsp3) is 0.750. The summed E-state index contributed by atoms with van der Waals surface area (Å²) in [5, 5.41) is 10.5. The van der Waals surface area contributed by atoms with Gasteiger partial charge < -0.3 is 15.2 Å². The summed E-state index contributed by atoms with van der Waals surface area (Å²) in [4.78, 5) is 20.9. The van der Waals surface area contributed by atoms with Crippen molar-refractivity contribution in [3.63, 3.8) is 0 Å². The van der Waals surface area contributed by atoms with Crippen LogP contribution in [-0.4, -0.2) is 42.9 Å². The van der Waals surface area contributed by atoms with E-state index in [2.05, 4.69) is 10.1 Å². The van der Waals surface area contributed by atoms with Gasteiger partial charge in [0.25, 0.3) is 0 Å². The first-order valence-corrected chi connectivity index (χ1v) is 4.44. The summed E-state index contributed by atoms with van der Waals surface area (Å²) < 4.78 is 38.9. The Hall–Kier alpha value is -1.31. The van der Waals surface area contributed by atoms with Gasteiger partial charge in [0.05, 0.1) is 13.0 Å². The maximum absolute atomic E-state index is 11.6. The van der Waals surface area contributed by atoms with Crippen LogP contribution < -0.4 is 5.32 Å². The van der Waals surface area contributed by atoms with E-state index in [9.17, 15) is 22.8 Å². The molecule has 0 unspecified atom stereocenters. The molecule has 0 spiro atoms. The number of ether oxygens (including phenoxy) is 1. The maximum atomic E-state index is 11.6. The molecule has 5 nitrogen and oxygen atoms in total. The van der Waals surface area contributed by atoms with Crippen molar-refractivity contribution in [2.45, 2.75) is 19.0 Å². The summed E-state index contributed by atoms with van der Waals surface area (Å²) in [6.07, 6.45) is -4.89. The van der Waals surface area contributed by atoms with Crippen LogP contribution in [0.5, 0.6) is 0 Å². The zero-order valence-corrected chi connectivity index (χ0v) is 8.34. The van der Waals surface area contributed by atoms with Crippen molar-refractivity contribution in [1.29, 1.82) is 0 Å². The Balaban J connectivity index is 3.38. The van der Waals surface area contributed by atoms with E-state index < -0.39 is 24.7 Å². The molecule has 8 heteroatoms. The van der Waals surface area contributed by atoms with Crippen molar-refractivity contribution in [2.24, 2.45) is 0 Å². The van der Waals surface area contributed by atoms with E-state index in [4.69, 9.17) is 5.11 Å². The number of nitrogens with one attached hydrogen (secondary N) is 1. The Labute approximate surface area is 89.6 Å². The highest BCUT2D eigenvalue weighted by Crippen LogP contribution is 2.13. The minimum atomic E-state index is -4.38. The van der Waals surface area contributed by atoms with Gasteiger partial charge in [-0.15, -0.1) is 0 Å². The largest absolute Gasteiger partial charge is 0.481 e. The van der Waals surface area contributed by atoms with E-state index in [1.165, 1.54) is 0 Å². The van der Waals surface area contributed by atoms with Crippen LogP contribution in [0, 0.1) is 0 Å². The van der Waals surface area contributed by atoms with E-state index in [0.717, 1.165) is 0 Å². The molecule has 94 valence electrons. The normalized spacial score (nSPS) is 11.2. The van der Waals surface area contributed by atoms with Crippen LogP contribution in [-0.2, 0) is 14.3 Å². The molecule has 16 heavy (non-hydrogen) atoms. The van der Waals surface area contributed by atoms with Gasteiger partial charge in [-0.25, -0.2) is 0 Å². The number of amides is 1. The Kier molecular flexibility index (Phi) is 6.47. The summed E-state index contributed by atoms with van der Waals surface area (Å²) in [6, 6.07) is 0. The van der Waals surface area contributed by atoms with E-state index in [1.807, 2.05) is 0 Å². The number of rotatable bonds is 7. The molecule has 0 aliphatic rings. The molecule has 0 aliphatic carbocycles. The summed E-state index contributed by atoms with van der Waals surface area (Å²) in [5.74, 6) is -1.64. The molecule has 0 saturated carbocycles. The molecule has 0 rings (SSSR count). The summed E-state index contributed by atoms with van der Waals surface area (Å²) in [5.41, 5.74) is 0. The lowest BCUT2D eigenvalue weighted by Crippen LogP contribution is -2.29. The second-order valence-corrected chi connectivity index (χ2v) is 2.91. The molecule has 0 aromatic heterocycles. The van der Waals surface area contributed by atoms with Crippen LogP contribution in [0.15, 0.2) is 0 Å². The number of carboxylic acid groups (broad SMARTS) is 1. The average molecular weight is 243 g/mol. The highest BCUT2D eigenvalue weighted by Gasteiger charge is 2.27. The van der Waals surface area contributed by atoms with Gasteiger partial charge in [0, 0.05) is 13.0 Å². The van der Waals surface area contributed by atoms with Gasteiger partial charge in [-0.3, -0.25) is 9.59 Å². The standard InChI is InChI=1S/C8H12F3NO4/c9-8(10,11)5-16-4-3-12-6(13)1-2-7(14)15/h1-5H2,(H,12,13)(H,14,15). The zero-order valence-electron chi connectivity index (χ0n) is 8.34. The zero-order chi connectivity index (χ0) is 12.6. The Morgan fingerprint density at radius 2 is 1.88 bits per heavy atom. The molecule has 0 bridgehead atoms. The van der Waals surface area contributed by atoms with E-state index >= 15 is 0 Å². The molecule has 0 saturated heterocycles. The number of hydrogen-bond donors (Lipinski definition) is 2. The number of aliphatic carboxylic acids is 1. The lowest BCUT2D eigenvalue weighted by molar-refractivity contribution is -0.173. The first-order valence-electron chi connectivity index (χ1n) is 4.44. The molecular formula is C8H12F3NO4. The third kappa shape index (κ3) is 10.8. The maximum Gasteiger partial charge on any atom is 0.411 e. The van der Waals surface area contributed by atoms with Gasteiger partial charge in [0.15, 0.2) is 0 Å². The second-order valence-electron chi connectivity index (χ2n) is 2.91. The van der Waals surface area contributed by atoms with Crippen molar-refractivity contribution >= 4 is 11.9 Å². The van der Waals surface area contributed by atoms with Crippen molar-refractivity contribution in [3.8, 4) is 0 Å². The number of carbonyl (C=O) groups excluding carboxylic acids is 1. The minimum absolute atomic E-state index is 0.0749. The van der Waals surface area contributed by atoms with Crippen molar-refractivity contribution in [1.82, 2.24) is 5.32 Å². The minimum Gasteiger partial charge on any atom is -0.481 e. The average Bonchev–Trinajstić information content (AvgIpc) is 2.12. The summed E-state index contributed by atoms with van der Waals surface area (Å²) in [7, 11) is 0. The topological polar surface area (TPSA) is 75.6 Å². The predicted octanol–water partition coefficient (Wildman–Crippen LogP) is 0.546. The molecule has 0 fully saturated rings. The third-order valence-electron chi connectivity index (χ3n) is 1.40. The molecule has 0 atom stereocenters. The molecule has 1 amide bonds. The van der Waals surface area contributed by atoms with Crippen molar-refractivity contribution < 1.29 is 32.6 Å². The first-order chi connectivity index (χ1) is 7.31. The van der Waals surface area contributed by atoms with Crippen LogP contribution in [0.3, 0.4) is 0 Å². The number of alkyl halides is 3. The predicted molar refractivity (Wildman–Crippen MR) is 46.8 cm³/mol. The monoisotopic (exact) mass is 243 g/mol. The van der Waals surface area contributed by atoms with Gasteiger partial charge in [0.1, 0.15) is 6.61 Å². The molecule has 0 heterocycles. The fourth-order valence-electron chi connectivity index (χ4n) is 0.759. The second kappa shape index (κ2) is 7.04. The molecule has 0 aliphatic heterocycles. The van der Waals surface area contributed by atoms with Crippen molar-refractivity contribution in [2.75, 3.05) is 19.8 Å². The van der Waals surface area contributed by atoms with Crippen LogP contribution in [0.1, 0.15) is 12.8 Å². The highest BCUT2D eigenvalue weighted by molar-refractivity contribution is 5.80. The van der Waals surface area contributed by atoms with Crippen molar-refractivity contribution in [3.05, 3.63) is 0 Å². The third-order valence-corrected chi connectivity index (χ3v) is 1.40. The smallest absolute Gasteiger partial charge is 0.411 e. The summed E-state index contributed by atoms with van der Waals surface area (Å²) in [6.45, 7) is -1.70. The van der Waals surface area contributed by atoms with Gasteiger partial charge in [0.2, 0.25) is 5.91 Å². The number of carbonyl (C=O) groups is 2. The lowest BCUT2D eigenvalue weighted by atomic mass is 10.3. The molecule has 0 aromatic rings. The highest BCUT2D eigenvalue weighted by atomic mass is 19.4. The first kappa shape index (κ1) is 14.7. The van der Waals surface area contributed by atoms with Gasteiger partial charge in [-0.2, -0.15) is 13.2 Å². The quantitative estimate of drug-likeness (QED) is 0.640. The van der Waals surface area contributed by atoms with Crippen LogP contribution >= 0.6 is 0 Å². The lowest BCUT2D eigenvalue weighted by Gasteiger charge is -2.08.